The Morgan fingerprint density at radius 2 is 2.05 bits per heavy atom. The van der Waals surface area contributed by atoms with Gasteiger partial charge in [-0.25, -0.2) is 4.98 Å². The molecule has 118 valence electrons. The molecule has 1 atom stereocenters. The molecule has 1 aromatic heterocycles. The molecule has 22 heavy (non-hydrogen) atoms. The molecule has 1 amide bonds. The fraction of sp³-hybridized carbons (Fsp3) is 0.438. The quantitative estimate of drug-likeness (QED) is 0.770. The van der Waals surface area contributed by atoms with Crippen LogP contribution in [0.3, 0.4) is 0 Å². The molecule has 5 nitrogen and oxygen atoms in total. The van der Waals surface area contributed by atoms with Crippen molar-refractivity contribution in [3.05, 3.63) is 41.7 Å². The van der Waals surface area contributed by atoms with Crippen molar-refractivity contribution in [3.8, 4) is 0 Å². The van der Waals surface area contributed by atoms with Crippen LogP contribution in [0.25, 0.3) is 0 Å². The van der Waals surface area contributed by atoms with Gasteiger partial charge in [-0.3, -0.25) is 9.89 Å². The highest BCUT2D eigenvalue weighted by atomic mass is 32.2. The van der Waals surface area contributed by atoms with Crippen molar-refractivity contribution in [2.24, 2.45) is 5.92 Å². The zero-order valence-electron chi connectivity index (χ0n) is 13.2. The lowest BCUT2D eigenvalue weighted by Crippen LogP contribution is -2.32. The third-order valence-corrected chi connectivity index (χ3v) is 4.17. The Morgan fingerprint density at radius 3 is 2.64 bits per heavy atom. The van der Waals surface area contributed by atoms with Crippen molar-refractivity contribution in [3.63, 3.8) is 0 Å². The van der Waals surface area contributed by atoms with Gasteiger partial charge in [0.2, 0.25) is 11.1 Å². The van der Waals surface area contributed by atoms with Crippen LogP contribution >= 0.6 is 11.8 Å². The Kier molecular flexibility index (Phi) is 6.00. The number of nitrogens with one attached hydrogen (secondary N) is 2. The van der Waals surface area contributed by atoms with E-state index in [4.69, 9.17) is 0 Å². The van der Waals surface area contributed by atoms with Crippen LogP contribution in [0.4, 0.5) is 0 Å². The van der Waals surface area contributed by atoms with Gasteiger partial charge in [0, 0.05) is 6.42 Å². The third-order valence-electron chi connectivity index (χ3n) is 3.32. The van der Waals surface area contributed by atoms with E-state index in [1.807, 2.05) is 37.3 Å². The SMILES string of the molecule is CCc1nc(SCC(=O)NC(c2ccccc2)C(C)C)n[nH]1. The Hall–Kier alpha value is -1.82. The van der Waals surface area contributed by atoms with Gasteiger partial charge in [-0.2, -0.15) is 0 Å². The number of H-pyrrole nitrogens is 1. The molecule has 0 fully saturated rings. The molecule has 6 heteroatoms. The number of nitrogens with zero attached hydrogens (tertiary/aromatic N) is 2. The van der Waals surface area contributed by atoms with Crippen molar-refractivity contribution in [2.75, 3.05) is 5.75 Å². The zero-order valence-corrected chi connectivity index (χ0v) is 14.0. The van der Waals surface area contributed by atoms with Crippen LogP contribution < -0.4 is 5.32 Å². The lowest BCUT2D eigenvalue weighted by Gasteiger charge is -2.22. The second kappa shape index (κ2) is 7.98. The van der Waals surface area contributed by atoms with Crippen LogP contribution in [0.2, 0.25) is 0 Å². The van der Waals surface area contributed by atoms with Crippen molar-refractivity contribution < 1.29 is 4.79 Å². The molecule has 2 aromatic rings. The first-order valence-electron chi connectivity index (χ1n) is 7.48. The van der Waals surface area contributed by atoms with Gasteiger partial charge in [-0.1, -0.05) is 62.9 Å². The van der Waals surface area contributed by atoms with E-state index in [1.165, 1.54) is 11.8 Å². The Balaban J connectivity index is 1.91. The molecular formula is C16H22N4OS. The fourth-order valence-corrected chi connectivity index (χ4v) is 2.77. The van der Waals surface area contributed by atoms with Gasteiger partial charge in [-0.05, 0) is 11.5 Å². The van der Waals surface area contributed by atoms with Gasteiger partial charge >= 0.3 is 0 Å². The van der Waals surface area contributed by atoms with Crippen LogP contribution in [0.1, 0.15) is 38.2 Å². The molecule has 1 aromatic carbocycles. The Labute approximate surface area is 135 Å². The van der Waals surface area contributed by atoms with Gasteiger partial charge in [0.15, 0.2) is 0 Å². The summed E-state index contributed by atoms with van der Waals surface area (Å²) in [6.45, 7) is 6.22. The van der Waals surface area contributed by atoms with E-state index in [1.54, 1.807) is 0 Å². The molecule has 2 rings (SSSR count). The maximum absolute atomic E-state index is 12.2. The second-order valence-corrected chi connectivity index (χ2v) is 6.35. The fourth-order valence-electron chi connectivity index (χ4n) is 2.14. The van der Waals surface area contributed by atoms with Gasteiger partial charge in [0.05, 0.1) is 11.8 Å². The number of carbonyl (C=O) groups is 1. The van der Waals surface area contributed by atoms with Gasteiger partial charge < -0.3 is 5.32 Å². The van der Waals surface area contributed by atoms with Gasteiger partial charge in [0.1, 0.15) is 5.82 Å². The van der Waals surface area contributed by atoms with Gasteiger partial charge in [0.25, 0.3) is 0 Å². The van der Waals surface area contributed by atoms with E-state index in [-0.39, 0.29) is 11.9 Å². The second-order valence-electron chi connectivity index (χ2n) is 5.41. The highest BCUT2D eigenvalue weighted by Crippen LogP contribution is 2.22. The molecule has 0 aliphatic rings. The summed E-state index contributed by atoms with van der Waals surface area (Å²) in [6.07, 6.45) is 0.809. The molecule has 0 radical (unpaired) electrons. The lowest BCUT2D eigenvalue weighted by molar-refractivity contribution is -0.119. The zero-order chi connectivity index (χ0) is 15.9. The Morgan fingerprint density at radius 1 is 1.32 bits per heavy atom. The summed E-state index contributed by atoms with van der Waals surface area (Å²) in [5.41, 5.74) is 1.13. The molecule has 1 unspecified atom stereocenters. The summed E-state index contributed by atoms with van der Waals surface area (Å²) in [7, 11) is 0. The van der Waals surface area contributed by atoms with Crippen LogP contribution in [0, 0.1) is 5.92 Å². The molecule has 0 bridgehead atoms. The van der Waals surface area contributed by atoms with E-state index < -0.39 is 0 Å². The van der Waals surface area contributed by atoms with Crippen molar-refractivity contribution >= 4 is 17.7 Å². The summed E-state index contributed by atoms with van der Waals surface area (Å²) >= 11 is 1.35. The van der Waals surface area contributed by atoms with Crippen molar-refractivity contribution in [2.45, 2.75) is 38.4 Å². The maximum Gasteiger partial charge on any atom is 0.230 e. The smallest absolute Gasteiger partial charge is 0.230 e. The summed E-state index contributed by atoms with van der Waals surface area (Å²) in [5, 5.41) is 10.6. The number of hydrogen-bond donors (Lipinski definition) is 2. The minimum Gasteiger partial charge on any atom is -0.348 e. The third kappa shape index (κ3) is 4.59. The van der Waals surface area contributed by atoms with E-state index in [0.717, 1.165) is 17.8 Å². The molecular weight excluding hydrogens is 296 g/mol. The predicted octanol–water partition coefficient (Wildman–Crippen LogP) is 2.97. The van der Waals surface area contributed by atoms with E-state index in [2.05, 4.69) is 34.3 Å². The van der Waals surface area contributed by atoms with E-state index >= 15 is 0 Å². The average molecular weight is 318 g/mol. The number of rotatable bonds is 7. The van der Waals surface area contributed by atoms with Crippen LogP contribution in [0.15, 0.2) is 35.5 Å². The average Bonchev–Trinajstić information content (AvgIpc) is 2.99. The summed E-state index contributed by atoms with van der Waals surface area (Å²) < 4.78 is 0. The van der Waals surface area contributed by atoms with Gasteiger partial charge in [-0.15, -0.1) is 5.10 Å². The van der Waals surface area contributed by atoms with Crippen molar-refractivity contribution in [1.29, 1.82) is 0 Å². The molecule has 0 saturated carbocycles. The standard InChI is InChI=1S/C16H22N4OS/c1-4-13-17-16(20-19-13)22-10-14(21)18-15(11(2)3)12-8-6-5-7-9-12/h5-9,11,15H,4,10H2,1-3H3,(H,18,21)(H,17,19,20). The molecule has 0 aliphatic carbocycles. The number of thioether (sulfide) groups is 1. The summed E-state index contributed by atoms with van der Waals surface area (Å²) in [5.74, 6) is 1.48. The molecule has 0 saturated heterocycles. The van der Waals surface area contributed by atoms with Crippen LogP contribution in [0.5, 0.6) is 0 Å². The number of aryl methyl sites for hydroxylation is 1. The van der Waals surface area contributed by atoms with Crippen molar-refractivity contribution in [1.82, 2.24) is 20.5 Å². The largest absolute Gasteiger partial charge is 0.348 e. The normalized spacial score (nSPS) is 12.4. The first-order valence-corrected chi connectivity index (χ1v) is 8.47. The lowest BCUT2D eigenvalue weighted by atomic mass is 9.96. The van der Waals surface area contributed by atoms with Crippen LogP contribution in [-0.2, 0) is 11.2 Å². The first kappa shape index (κ1) is 16.5. The van der Waals surface area contributed by atoms with E-state index in [9.17, 15) is 4.79 Å². The number of aromatic nitrogens is 3. The number of hydrogen-bond acceptors (Lipinski definition) is 4. The minimum atomic E-state index is -0.00426. The Bertz CT molecular complexity index is 597. The minimum absolute atomic E-state index is 0.00426. The number of aromatic amines is 1. The number of amides is 1. The monoisotopic (exact) mass is 318 g/mol. The molecule has 1 heterocycles. The van der Waals surface area contributed by atoms with E-state index in [0.29, 0.717) is 16.8 Å². The predicted molar refractivity (Wildman–Crippen MR) is 88.6 cm³/mol. The number of carbonyl (C=O) groups excluding carboxylic acids is 1. The highest BCUT2D eigenvalue weighted by Gasteiger charge is 2.18. The highest BCUT2D eigenvalue weighted by molar-refractivity contribution is 7.99. The topological polar surface area (TPSA) is 70.7 Å². The molecule has 0 aliphatic heterocycles. The van der Waals surface area contributed by atoms with Crippen LogP contribution in [-0.4, -0.2) is 26.8 Å². The molecule has 2 N–H and O–H groups in total. The maximum atomic E-state index is 12.2. The summed E-state index contributed by atoms with van der Waals surface area (Å²) in [6, 6.07) is 10.1. The molecule has 0 spiro atoms. The number of benzene rings is 1. The summed E-state index contributed by atoms with van der Waals surface area (Å²) in [4.78, 5) is 16.5. The first-order chi connectivity index (χ1) is 10.6.